The van der Waals surface area contributed by atoms with Crippen molar-refractivity contribution in [2.24, 2.45) is 0 Å². The predicted octanol–water partition coefficient (Wildman–Crippen LogP) is 3.93. The van der Waals surface area contributed by atoms with Crippen molar-refractivity contribution in [1.82, 2.24) is 9.38 Å². The second-order valence-electron chi connectivity index (χ2n) is 4.54. The Labute approximate surface area is 121 Å². The van der Waals surface area contributed by atoms with Crippen molar-refractivity contribution in [2.75, 3.05) is 0 Å². The summed E-state index contributed by atoms with van der Waals surface area (Å²) in [4.78, 5) is 13.7. The van der Waals surface area contributed by atoms with Crippen LogP contribution in [0, 0.1) is 10.1 Å². The van der Waals surface area contributed by atoms with Gasteiger partial charge in [-0.3, -0.25) is 14.5 Å². The van der Waals surface area contributed by atoms with E-state index in [9.17, 15) is 23.3 Å². The molecule has 0 aliphatic heterocycles. The first-order chi connectivity index (χ1) is 10.4. The van der Waals surface area contributed by atoms with Crippen LogP contribution in [0.1, 0.15) is 5.69 Å². The molecule has 3 rings (SSSR count). The van der Waals surface area contributed by atoms with Gasteiger partial charge in [0.25, 0.3) is 5.69 Å². The highest BCUT2D eigenvalue weighted by molar-refractivity contribution is 5.69. The number of benzene rings is 1. The number of fused-ring (bicyclic) bond motifs is 1. The Morgan fingerprint density at radius 1 is 1.09 bits per heavy atom. The van der Waals surface area contributed by atoms with Crippen LogP contribution < -0.4 is 0 Å². The molecule has 0 atom stereocenters. The first-order valence-electron chi connectivity index (χ1n) is 6.17. The Bertz CT molecular complexity index is 854. The molecule has 2 aromatic heterocycles. The lowest BCUT2D eigenvalue weighted by atomic mass is 10.1. The van der Waals surface area contributed by atoms with Crippen molar-refractivity contribution in [3.8, 4) is 11.3 Å². The second kappa shape index (κ2) is 4.83. The molecule has 3 aromatic rings. The van der Waals surface area contributed by atoms with Crippen LogP contribution in [0.4, 0.5) is 18.9 Å². The maximum atomic E-state index is 13.2. The van der Waals surface area contributed by atoms with Crippen LogP contribution in [0.5, 0.6) is 0 Å². The lowest BCUT2D eigenvalue weighted by Gasteiger charge is -2.07. The quantitative estimate of drug-likeness (QED) is 0.532. The van der Waals surface area contributed by atoms with E-state index in [1.807, 2.05) is 0 Å². The molecule has 0 bridgehead atoms. The molecule has 8 heteroatoms. The van der Waals surface area contributed by atoms with Gasteiger partial charge in [0.2, 0.25) is 0 Å². The van der Waals surface area contributed by atoms with Crippen LogP contribution in [-0.2, 0) is 6.18 Å². The highest BCUT2D eigenvalue weighted by Crippen LogP contribution is 2.37. The van der Waals surface area contributed by atoms with E-state index in [0.29, 0.717) is 0 Å². The summed E-state index contributed by atoms with van der Waals surface area (Å²) in [5, 5.41) is 10.6. The van der Waals surface area contributed by atoms with Gasteiger partial charge < -0.3 is 0 Å². The number of hydrogen-bond donors (Lipinski definition) is 0. The third-order valence-corrected chi connectivity index (χ3v) is 3.15. The van der Waals surface area contributed by atoms with Crippen LogP contribution in [0.3, 0.4) is 0 Å². The van der Waals surface area contributed by atoms with E-state index in [2.05, 4.69) is 4.98 Å². The lowest BCUT2D eigenvalue weighted by Crippen LogP contribution is -2.07. The third kappa shape index (κ3) is 2.28. The zero-order valence-corrected chi connectivity index (χ0v) is 10.9. The molecule has 22 heavy (non-hydrogen) atoms. The number of nitrogens with zero attached hydrogens (tertiary/aromatic N) is 3. The van der Waals surface area contributed by atoms with Crippen LogP contribution in [0.25, 0.3) is 16.9 Å². The zero-order chi connectivity index (χ0) is 15.9. The van der Waals surface area contributed by atoms with Crippen LogP contribution in [0.2, 0.25) is 0 Å². The molecule has 0 fully saturated rings. The van der Waals surface area contributed by atoms with Crippen molar-refractivity contribution >= 4 is 11.3 Å². The Hall–Kier alpha value is -2.90. The molecule has 112 valence electrons. The second-order valence-corrected chi connectivity index (χ2v) is 4.54. The van der Waals surface area contributed by atoms with Gasteiger partial charge in [-0.1, -0.05) is 6.07 Å². The number of alkyl halides is 3. The van der Waals surface area contributed by atoms with Crippen molar-refractivity contribution in [3.05, 3.63) is 64.5 Å². The molecule has 1 aromatic carbocycles. The summed E-state index contributed by atoms with van der Waals surface area (Å²) < 4.78 is 40.9. The molecule has 0 saturated carbocycles. The number of aromatic nitrogens is 2. The molecular weight excluding hydrogens is 299 g/mol. The molecule has 0 radical (unpaired) electrons. The van der Waals surface area contributed by atoms with Crippen molar-refractivity contribution < 1.29 is 18.1 Å². The smallest absolute Gasteiger partial charge is 0.299 e. The lowest BCUT2D eigenvalue weighted by molar-refractivity contribution is -0.384. The summed E-state index contributed by atoms with van der Waals surface area (Å²) in [6.07, 6.45) is -3.16. The van der Waals surface area contributed by atoms with Crippen LogP contribution in [-0.4, -0.2) is 14.3 Å². The maximum absolute atomic E-state index is 13.2. The fourth-order valence-corrected chi connectivity index (χ4v) is 2.21. The Morgan fingerprint density at radius 2 is 1.77 bits per heavy atom. The van der Waals surface area contributed by atoms with Crippen LogP contribution in [0.15, 0.2) is 48.7 Å². The van der Waals surface area contributed by atoms with Gasteiger partial charge in [0.1, 0.15) is 5.65 Å². The minimum atomic E-state index is -4.62. The largest absolute Gasteiger partial charge is 0.435 e. The highest BCUT2D eigenvalue weighted by atomic mass is 19.4. The molecule has 0 amide bonds. The zero-order valence-electron chi connectivity index (χ0n) is 10.9. The first kappa shape index (κ1) is 14.1. The standard InChI is InChI=1S/C14H8F3N3O2/c15-14(16,17)13-12(19-8-2-1-3-11(19)18-13)9-4-6-10(7-5-9)20(21)22/h1-8H. The van der Waals surface area contributed by atoms with Gasteiger partial charge in [0, 0.05) is 23.9 Å². The summed E-state index contributed by atoms with van der Waals surface area (Å²) >= 11 is 0. The van der Waals surface area contributed by atoms with E-state index in [1.54, 1.807) is 12.1 Å². The van der Waals surface area contributed by atoms with E-state index >= 15 is 0 Å². The topological polar surface area (TPSA) is 60.4 Å². The summed E-state index contributed by atoms with van der Waals surface area (Å²) in [6.45, 7) is 0. The van der Waals surface area contributed by atoms with E-state index in [-0.39, 0.29) is 22.6 Å². The van der Waals surface area contributed by atoms with Gasteiger partial charge in [-0.05, 0) is 24.3 Å². The number of imidazole rings is 1. The number of pyridine rings is 1. The average molecular weight is 307 g/mol. The number of non-ortho nitro benzene ring substituents is 1. The summed E-state index contributed by atoms with van der Waals surface area (Å²) in [6, 6.07) is 9.53. The van der Waals surface area contributed by atoms with Gasteiger partial charge in [0.15, 0.2) is 5.69 Å². The SMILES string of the molecule is O=[N+]([O-])c1ccc(-c2c(C(F)(F)F)nc3ccccn23)cc1. The monoisotopic (exact) mass is 307 g/mol. The van der Waals surface area contributed by atoms with Crippen molar-refractivity contribution in [2.45, 2.75) is 6.18 Å². The van der Waals surface area contributed by atoms with Gasteiger partial charge in [-0.15, -0.1) is 0 Å². The van der Waals surface area contributed by atoms with E-state index in [4.69, 9.17) is 0 Å². The Morgan fingerprint density at radius 3 is 2.36 bits per heavy atom. The minimum Gasteiger partial charge on any atom is -0.299 e. The molecule has 2 heterocycles. The number of halogens is 3. The van der Waals surface area contributed by atoms with Crippen LogP contribution >= 0.6 is 0 Å². The molecule has 5 nitrogen and oxygen atoms in total. The third-order valence-electron chi connectivity index (χ3n) is 3.15. The van der Waals surface area contributed by atoms with Gasteiger partial charge >= 0.3 is 6.18 Å². The summed E-state index contributed by atoms with van der Waals surface area (Å²) in [5.41, 5.74) is -0.989. The normalized spacial score (nSPS) is 11.8. The highest BCUT2D eigenvalue weighted by Gasteiger charge is 2.38. The number of hydrogen-bond acceptors (Lipinski definition) is 3. The fourth-order valence-electron chi connectivity index (χ4n) is 2.21. The van der Waals surface area contributed by atoms with Crippen molar-refractivity contribution in [3.63, 3.8) is 0 Å². The fraction of sp³-hybridized carbons (Fsp3) is 0.0714. The summed E-state index contributed by atoms with van der Waals surface area (Å²) in [7, 11) is 0. The molecule has 0 unspecified atom stereocenters. The number of nitro groups is 1. The average Bonchev–Trinajstić information content (AvgIpc) is 2.87. The maximum Gasteiger partial charge on any atom is 0.435 e. The first-order valence-corrected chi connectivity index (χ1v) is 6.17. The van der Waals surface area contributed by atoms with E-state index in [1.165, 1.54) is 28.8 Å². The summed E-state index contributed by atoms with van der Waals surface area (Å²) in [5.74, 6) is 0. The Kier molecular flexibility index (Phi) is 3.09. The number of nitro benzene ring substituents is 1. The van der Waals surface area contributed by atoms with E-state index < -0.39 is 16.8 Å². The van der Waals surface area contributed by atoms with Gasteiger partial charge in [-0.25, -0.2) is 4.98 Å². The molecule has 0 aliphatic rings. The predicted molar refractivity (Wildman–Crippen MR) is 72.3 cm³/mol. The molecular formula is C14H8F3N3O2. The van der Waals surface area contributed by atoms with Gasteiger partial charge in [0.05, 0.1) is 10.6 Å². The Balaban J connectivity index is 2.26. The van der Waals surface area contributed by atoms with Crippen molar-refractivity contribution in [1.29, 1.82) is 0 Å². The van der Waals surface area contributed by atoms with E-state index in [0.717, 1.165) is 12.1 Å². The molecule has 0 spiro atoms. The molecule has 0 N–H and O–H groups in total. The molecule has 0 aliphatic carbocycles. The minimum absolute atomic E-state index is 0.141. The van der Waals surface area contributed by atoms with Gasteiger partial charge in [-0.2, -0.15) is 13.2 Å². The molecule has 0 saturated heterocycles. The number of rotatable bonds is 2.